The van der Waals surface area contributed by atoms with Gasteiger partial charge in [-0.2, -0.15) is 5.26 Å². The van der Waals surface area contributed by atoms with Gasteiger partial charge in [-0.15, -0.1) is 0 Å². The van der Waals surface area contributed by atoms with Crippen LogP contribution in [0.3, 0.4) is 0 Å². The van der Waals surface area contributed by atoms with E-state index in [-0.39, 0.29) is 11.5 Å². The van der Waals surface area contributed by atoms with Gasteiger partial charge in [0.25, 0.3) is 5.91 Å². The van der Waals surface area contributed by atoms with Gasteiger partial charge >= 0.3 is 0 Å². The number of anilines is 2. The summed E-state index contributed by atoms with van der Waals surface area (Å²) in [5, 5.41) is 12.5. The van der Waals surface area contributed by atoms with Crippen LogP contribution in [0.25, 0.3) is 0 Å². The summed E-state index contributed by atoms with van der Waals surface area (Å²) in [5.74, 6) is 0.0160. The molecular weight excluding hydrogens is 434 g/mol. The van der Waals surface area contributed by atoms with E-state index in [1.54, 1.807) is 43.5 Å². The average Bonchev–Trinajstić information content (AvgIpc) is 3.16. The smallest absolute Gasteiger partial charge is 0.269 e. The van der Waals surface area contributed by atoms with Gasteiger partial charge in [-0.25, -0.2) is 0 Å². The maximum absolute atomic E-state index is 13.5. The first kappa shape index (κ1) is 22.2. The minimum atomic E-state index is -0.551. The van der Waals surface area contributed by atoms with Gasteiger partial charge in [-0.3, -0.25) is 14.5 Å². The molecule has 33 heavy (non-hydrogen) atoms. The third-order valence-corrected chi connectivity index (χ3v) is 6.39. The number of nitriles is 1. The summed E-state index contributed by atoms with van der Waals surface area (Å²) < 4.78 is 5.21. The van der Waals surface area contributed by atoms with Crippen molar-refractivity contribution in [2.45, 2.75) is 11.7 Å². The van der Waals surface area contributed by atoms with Crippen molar-refractivity contribution in [3.05, 3.63) is 101 Å². The van der Waals surface area contributed by atoms with Gasteiger partial charge in [-0.1, -0.05) is 60.3 Å². The number of nitrogens with zero attached hydrogens (tertiary/aromatic N) is 2. The quantitative estimate of drug-likeness (QED) is 0.428. The molecule has 0 saturated carbocycles. The predicted molar refractivity (Wildman–Crippen MR) is 130 cm³/mol. The maximum atomic E-state index is 13.5. The molecule has 0 spiro atoms. The van der Waals surface area contributed by atoms with Crippen LogP contribution in [0.2, 0.25) is 0 Å². The number of thioether (sulfide) groups is 1. The zero-order valence-electron chi connectivity index (χ0n) is 17.9. The Bertz CT molecular complexity index is 1220. The second kappa shape index (κ2) is 10.1. The first-order chi connectivity index (χ1) is 16.1. The van der Waals surface area contributed by atoms with E-state index in [9.17, 15) is 14.9 Å². The van der Waals surface area contributed by atoms with Crippen LogP contribution in [0.1, 0.15) is 5.56 Å². The highest BCUT2D eigenvalue weighted by atomic mass is 32.2. The molecule has 0 aliphatic carbocycles. The van der Waals surface area contributed by atoms with Gasteiger partial charge in [0.1, 0.15) is 22.4 Å². The average molecular weight is 456 g/mol. The zero-order chi connectivity index (χ0) is 23.2. The lowest BCUT2D eigenvalue weighted by atomic mass is 10.1. The Morgan fingerprint density at radius 2 is 1.67 bits per heavy atom. The van der Waals surface area contributed by atoms with Crippen molar-refractivity contribution in [3.8, 4) is 11.8 Å². The van der Waals surface area contributed by atoms with E-state index in [2.05, 4.69) is 5.32 Å². The van der Waals surface area contributed by atoms with Gasteiger partial charge < -0.3 is 10.1 Å². The molecular formula is C26H21N3O3S. The first-order valence-corrected chi connectivity index (χ1v) is 11.2. The number of carbonyl (C=O) groups excluding carboxylic acids is 2. The molecule has 3 aromatic carbocycles. The highest BCUT2D eigenvalue weighted by Crippen LogP contribution is 2.42. The number of nitrogens with one attached hydrogen (secondary N) is 1. The third-order valence-electron chi connectivity index (χ3n) is 5.13. The van der Waals surface area contributed by atoms with Gasteiger partial charge in [-0.05, 0) is 48.4 Å². The number of amides is 2. The molecule has 0 bridgehead atoms. The SMILES string of the molecule is COc1ccc(CC2S/C(=C(/C#N)C(=O)Nc3ccccc3)N(c3ccccc3)C2=O)cc1. The molecule has 1 atom stereocenters. The van der Waals surface area contributed by atoms with E-state index in [0.717, 1.165) is 11.3 Å². The second-order valence-corrected chi connectivity index (χ2v) is 8.47. The van der Waals surface area contributed by atoms with Crippen LogP contribution < -0.4 is 15.0 Å². The van der Waals surface area contributed by atoms with Crippen molar-refractivity contribution in [1.82, 2.24) is 0 Å². The second-order valence-electron chi connectivity index (χ2n) is 7.28. The van der Waals surface area contributed by atoms with Crippen LogP contribution in [0.4, 0.5) is 11.4 Å². The van der Waals surface area contributed by atoms with Crippen LogP contribution >= 0.6 is 11.8 Å². The van der Waals surface area contributed by atoms with Crippen LogP contribution in [0, 0.1) is 11.3 Å². The Morgan fingerprint density at radius 3 is 2.27 bits per heavy atom. The van der Waals surface area contributed by atoms with E-state index in [0.29, 0.717) is 22.8 Å². The third kappa shape index (κ3) is 4.92. The molecule has 1 unspecified atom stereocenters. The number of methoxy groups -OCH3 is 1. The first-order valence-electron chi connectivity index (χ1n) is 10.3. The summed E-state index contributed by atoms with van der Waals surface area (Å²) in [5.41, 5.74) is 2.05. The van der Waals surface area contributed by atoms with Crippen LogP contribution in [-0.2, 0) is 16.0 Å². The number of hydrogen-bond donors (Lipinski definition) is 1. The lowest BCUT2D eigenvalue weighted by molar-refractivity contribution is -0.117. The molecule has 4 rings (SSSR count). The summed E-state index contributed by atoms with van der Waals surface area (Å²) in [7, 11) is 1.60. The summed E-state index contributed by atoms with van der Waals surface area (Å²) in [6.45, 7) is 0. The van der Waals surface area contributed by atoms with Crippen LogP contribution in [-0.4, -0.2) is 24.2 Å². The lowest BCUT2D eigenvalue weighted by Gasteiger charge is -2.18. The number of carbonyl (C=O) groups is 2. The Balaban J connectivity index is 1.69. The largest absolute Gasteiger partial charge is 0.497 e. The van der Waals surface area contributed by atoms with E-state index >= 15 is 0 Å². The van der Waals surface area contributed by atoms with E-state index in [1.807, 2.05) is 54.6 Å². The number of para-hydroxylation sites is 2. The monoisotopic (exact) mass is 455 g/mol. The molecule has 164 valence electrons. The Labute approximate surface area is 196 Å². The highest BCUT2D eigenvalue weighted by Gasteiger charge is 2.40. The Kier molecular flexibility index (Phi) is 6.77. The van der Waals surface area contributed by atoms with E-state index in [4.69, 9.17) is 4.74 Å². The number of ether oxygens (including phenoxy) is 1. The van der Waals surface area contributed by atoms with E-state index < -0.39 is 11.2 Å². The molecule has 0 radical (unpaired) electrons. The Morgan fingerprint density at radius 1 is 1.03 bits per heavy atom. The van der Waals surface area contributed by atoms with Crippen molar-refractivity contribution in [2.24, 2.45) is 0 Å². The maximum Gasteiger partial charge on any atom is 0.269 e. The fourth-order valence-corrected chi connectivity index (χ4v) is 4.80. The molecule has 1 heterocycles. The normalized spacial score (nSPS) is 16.8. The molecule has 0 aromatic heterocycles. The van der Waals surface area contributed by atoms with Crippen molar-refractivity contribution >= 4 is 35.0 Å². The minimum absolute atomic E-state index is 0.0988. The molecule has 1 saturated heterocycles. The van der Waals surface area contributed by atoms with Crippen LogP contribution in [0.15, 0.2) is 95.5 Å². The number of rotatable bonds is 6. The van der Waals surface area contributed by atoms with Crippen molar-refractivity contribution in [2.75, 3.05) is 17.3 Å². The summed E-state index contributed by atoms with van der Waals surface area (Å²) in [6.07, 6.45) is 0.458. The van der Waals surface area contributed by atoms with Gasteiger partial charge in [0.15, 0.2) is 0 Å². The van der Waals surface area contributed by atoms with Crippen molar-refractivity contribution < 1.29 is 14.3 Å². The van der Waals surface area contributed by atoms with Gasteiger partial charge in [0, 0.05) is 11.4 Å². The summed E-state index contributed by atoms with van der Waals surface area (Å²) >= 11 is 1.24. The lowest BCUT2D eigenvalue weighted by Crippen LogP contribution is -2.30. The molecule has 3 aromatic rings. The standard InChI is InChI=1S/C26H21N3O3S/c1-32-21-14-12-18(13-15-21)16-23-25(31)29(20-10-6-3-7-11-20)26(33-23)22(17-27)24(30)28-19-8-4-2-5-9-19/h2-15,23H,16H2,1H3,(H,28,30)/b26-22-. The summed E-state index contributed by atoms with van der Waals surface area (Å²) in [6, 6.07) is 27.5. The molecule has 1 aliphatic rings. The number of benzene rings is 3. The minimum Gasteiger partial charge on any atom is -0.497 e. The van der Waals surface area contributed by atoms with Gasteiger partial charge in [0.2, 0.25) is 5.91 Å². The highest BCUT2D eigenvalue weighted by molar-refractivity contribution is 8.05. The molecule has 1 fully saturated rings. The predicted octanol–water partition coefficient (Wildman–Crippen LogP) is 4.76. The Hall–Kier alpha value is -4.02. The molecule has 1 aliphatic heterocycles. The fraction of sp³-hybridized carbons (Fsp3) is 0.115. The molecule has 7 heteroatoms. The topological polar surface area (TPSA) is 82.4 Å². The molecule has 6 nitrogen and oxygen atoms in total. The number of hydrogen-bond acceptors (Lipinski definition) is 5. The summed E-state index contributed by atoms with van der Waals surface area (Å²) in [4.78, 5) is 27.9. The zero-order valence-corrected chi connectivity index (χ0v) is 18.7. The van der Waals surface area contributed by atoms with E-state index in [1.165, 1.54) is 16.7 Å². The molecule has 1 N–H and O–H groups in total. The van der Waals surface area contributed by atoms with Crippen molar-refractivity contribution in [1.29, 1.82) is 5.26 Å². The van der Waals surface area contributed by atoms with Crippen molar-refractivity contribution in [3.63, 3.8) is 0 Å². The van der Waals surface area contributed by atoms with Gasteiger partial charge in [0.05, 0.1) is 12.4 Å². The molecule has 2 amide bonds. The van der Waals surface area contributed by atoms with Crippen LogP contribution in [0.5, 0.6) is 5.75 Å². The fourth-order valence-electron chi connectivity index (χ4n) is 3.49.